The van der Waals surface area contributed by atoms with Crippen molar-refractivity contribution in [1.82, 2.24) is 0 Å². The van der Waals surface area contributed by atoms with E-state index in [2.05, 4.69) is 39.8 Å². The van der Waals surface area contributed by atoms with Gasteiger partial charge in [0.1, 0.15) is 23.0 Å². The number of rotatable bonds is 17. The second kappa shape index (κ2) is 15.4. The minimum Gasteiger partial charge on any atom is -0.493 e. The number of hydrogen-bond donors (Lipinski definition) is 0. The topological polar surface area (TPSA) is 36.9 Å². The molecule has 0 heterocycles. The van der Waals surface area contributed by atoms with Crippen molar-refractivity contribution in [3.8, 4) is 34.1 Å². The number of ether oxygens (including phenoxy) is 4. The maximum atomic E-state index is 6.20. The molecule has 0 spiro atoms. The zero-order valence-electron chi connectivity index (χ0n) is 20.6. The van der Waals surface area contributed by atoms with Crippen LogP contribution in [-0.4, -0.2) is 26.4 Å². The van der Waals surface area contributed by atoms with Crippen LogP contribution in [0.15, 0.2) is 36.4 Å². The summed E-state index contributed by atoms with van der Waals surface area (Å²) in [4.78, 5) is 0. The molecule has 0 amide bonds. The Hall–Kier alpha value is -2.36. The van der Waals surface area contributed by atoms with E-state index in [9.17, 15) is 0 Å². The van der Waals surface area contributed by atoms with Crippen molar-refractivity contribution in [2.75, 3.05) is 26.4 Å². The molecule has 0 aliphatic rings. The predicted molar refractivity (Wildman–Crippen MR) is 133 cm³/mol. The van der Waals surface area contributed by atoms with Crippen LogP contribution in [0.5, 0.6) is 23.0 Å². The summed E-state index contributed by atoms with van der Waals surface area (Å²) in [7, 11) is 0. The van der Waals surface area contributed by atoms with Crippen LogP contribution >= 0.6 is 0 Å². The van der Waals surface area contributed by atoms with Crippen molar-refractivity contribution in [1.29, 1.82) is 0 Å². The van der Waals surface area contributed by atoms with Crippen molar-refractivity contribution in [2.45, 2.75) is 79.1 Å². The normalized spacial score (nSPS) is 10.8. The van der Waals surface area contributed by atoms with Gasteiger partial charge < -0.3 is 18.9 Å². The quantitative estimate of drug-likeness (QED) is 0.232. The van der Waals surface area contributed by atoms with E-state index in [1.807, 2.05) is 24.3 Å². The molecule has 0 N–H and O–H groups in total. The summed E-state index contributed by atoms with van der Waals surface area (Å²) in [5, 5.41) is 0. The number of benzene rings is 2. The Balaban J connectivity index is 2.35. The average molecular weight is 443 g/mol. The number of unbranched alkanes of at least 4 members (excludes halogenated alkanes) is 4. The molecule has 178 valence electrons. The Labute approximate surface area is 195 Å². The molecular weight excluding hydrogens is 400 g/mol. The first-order valence-corrected chi connectivity index (χ1v) is 12.5. The molecule has 0 atom stereocenters. The molecule has 4 nitrogen and oxygen atoms in total. The van der Waals surface area contributed by atoms with Gasteiger partial charge in [0.05, 0.1) is 26.4 Å². The molecule has 4 heteroatoms. The molecule has 0 bridgehead atoms. The third-order valence-corrected chi connectivity index (χ3v) is 5.24. The molecule has 0 aliphatic heterocycles. The van der Waals surface area contributed by atoms with Gasteiger partial charge >= 0.3 is 0 Å². The summed E-state index contributed by atoms with van der Waals surface area (Å²) in [5.41, 5.74) is 2.05. The second-order valence-electron chi connectivity index (χ2n) is 8.12. The highest BCUT2D eigenvalue weighted by atomic mass is 16.5. The van der Waals surface area contributed by atoms with Crippen molar-refractivity contribution in [3.05, 3.63) is 36.4 Å². The predicted octanol–water partition coefficient (Wildman–Crippen LogP) is 8.07. The summed E-state index contributed by atoms with van der Waals surface area (Å²) in [6, 6.07) is 12.3. The second-order valence-corrected chi connectivity index (χ2v) is 8.12. The smallest absolute Gasteiger partial charge is 0.130 e. The lowest BCUT2D eigenvalue weighted by atomic mass is 10.0. The van der Waals surface area contributed by atoms with Crippen LogP contribution in [0.25, 0.3) is 11.1 Å². The lowest BCUT2D eigenvalue weighted by molar-refractivity contribution is 0.292. The van der Waals surface area contributed by atoms with Gasteiger partial charge in [-0.15, -0.1) is 0 Å². The molecule has 0 saturated carbocycles. The van der Waals surface area contributed by atoms with E-state index in [0.29, 0.717) is 13.2 Å². The molecule has 0 aromatic heterocycles. The average Bonchev–Trinajstić information content (AvgIpc) is 2.80. The van der Waals surface area contributed by atoms with E-state index in [-0.39, 0.29) is 0 Å². The lowest BCUT2D eigenvalue weighted by Gasteiger charge is -2.18. The van der Waals surface area contributed by atoms with Gasteiger partial charge in [0.2, 0.25) is 0 Å². The maximum absolute atomic E-state index is 6.20. The Bertz CT molecular complexity index is 707. The molecule has 0 radical (unpaired) electrons. The molecule has 0 fully saturated rings. The van der Waals surface area contributed by atoms with Gasteiger partial charge in [-0.3, -0.25) is 0 Å². The highest BCUT2D eigenvalue weighted by Crippen LogP contribution is 2.40. The summed E-state index contributed by atoms with van der Waals surface area (Å²) >= 11 is 0. The monoisotopic (exact) mass is 442 g/mol. The van der Waals surface area contributed by atoms with Crippen molar-refractivity contribution in [2.24, 2.45) is 0 Å². The Kier molecular flexibility index (Phi) is 12.5. The van der Waals surface area contributed by atoms with Crippen LogP contribution in [0.4, 0.5) is 0 Å². The van der Waals surface area contributed by atoms with E-state index in [4.69, 9.17) is 18.9 Å². The van der Waals surface area contributed by atoms with Gasteiger partial charge in [0.15, 0.2) is 0 Å². The molecular formula is C28H42O4. The van der Waals surface area contributed by atoms with Crippen LogP contribution in [0, 0.1) is 0 Å². The first kappa shape index (κ1) is 25.9. The Morgan fingerprint density at radius 2 is 0.812 bits per heavy atom. The fourth-order valence-corrected chi connectivity index (χ4v) is 3.19. The molecule has 0 unspecified atom stereocenters. The standard InChI is InChI=1S/C28H42O4/c1-5-9-17-29-23-13-15-25(27(21-23)31-19-11-7-3)26-16-14-24(30-18-10-6-2)22-28(26)32-20-12-8-4/h13-16,21-22H,5-12,17-20H2,1-4H3. The van der Waals surface area contributed by atoms with Crippen LogP contribution < -0.4 is 18.9 Å². The van der Waals surface area contributed by atoms with Crippen LogP contribution in [0.2, 0.25) is 0 Å². The van der Waals surface area contributed by atoms with E-state index in [0.717, 1.165) is 98.7 Å². The molecule has 32 heavy (non-hydrogen) atoms. The van der Waals surface area contributed by atoms with E-state index < -0.39 is 0 Å². The van der Waals surface area contributed by atoms with E-state index in [1.54, 1.807) is 0 Å². The highest BCUT2D eigenvalue weighted by Gasteiger charge is 2.15. The fraction of sp³-hybridized carbons (Fsp3) is 0.571. The summed E-state index contributed by atoms with van der Waals surface area (Å²) in [6.45, 7) is 11.5. The largest absolute Gasteiger partial charge is 0.493 e. The molecule has 2 rings (SSSR count). The SMILES string of the molecule is CCCCOc1ccc(-c2ccc(OCCCC)cc2OCCCC)c(OCCCC)c1. The third kappa shape index (κ3) is 8.64. The zero-order valence-corrected chi connectivity index (χ0v) is 20.6. The minimum absolute atomic E-state index is 0.687. The maximum Gasteiger partial charge on any atom is 0.130 e. The van der Waals surface area contributed by atoms with Gasteiger partial charge in [-0.25, -0.2) is 0 Å². The zero-order chi connectivity index (χ0) is 23.0. The Morgan fingerprint density at radius 1 is 0.469 bits per heavy atom. The van der Waals surface area contributed by atoms with E-state index >= 15 is 0 Å². The summed E-state index contributed by atoms with van der Waals surface area (Å²) in [6.07, 6.45) is 8.54. The molecule has 0 aliphatic carbocycles. The van der Waals surface area contributed by atoms with Crippen molar-refractivity contribution >= 4 is 0 Å². The summed E-state index contributed by atoms with van der Waals surface area (Å²) < 4.78 is 24.3. The fourth-order valence-electron chi connectivity index (χ4n) is 3.19. The van der Waals surface area contributed by atoms with Gasteiger partial charge in [-0.05, 0) is 49.9 Å². The first-order chi connectivity index (χ1) is 15.7. The van der Waals surface area contributed by atoms with Crippen LogP contribution in [0.1, 0.15) is 79.1 Å². The van der Waals surface area contributed by atoms with Crippen LogP contribution in [0.3, 0.4) is 0 Å². The van der Waals surface area contributed by atoms with Crippen molar-refractivity contribution < 1.29 is 18.9 Å². The number of hydrogen-bond acceptors (Lipinski definition) is 4. The summed E-state index contributed by atoms with van der Waals surface area (Å²) in [5.74, 6) is 3.38. The van der Waals surface area contributed by atoms with Crippen LogP contribution in [-0.2, 0) is 0 Å². The molecule has 2 aromatic carbocycles. The minimum atomic E-state index is 0.687. The van der Waals surface area contributed by atoms with E-state index in [1.165, 1.54) is 0 Å². The van der Waals surface area contributed by atoms with Gasteiger partial charge in [0, 0.05) is 23.3 Å². The lowest BCUT2D eigenvalue weighted by Crippen LogP contribution is -2.03. The van der Waals surface area contributed by atoms with Gasteiger partial charge in [0.25, 0.3) is 0 Å². The molecule has 2 aromatic rings. The van der Waals surface area contributed by atoms with Gasteiger partial charge in [-0.1, -0.05) is 53.4 Å². The Morgan fingerprint density at radius 3 is 1.16 bits per heavy atom. The van der Waals surface area contributed by atoms with Gasteiger partial charge in [-0.2, -0.15) is 0 Å². The molecule has 0 saturated heterocycles. The first-order valence-electron chi connectivity index (χ1n) is 12.5. The third-order valence-electron chi connectivity index (χ3n) is 5.24. The highest BCUT2D eigenvalue weighted by molar-refractivity contribution is 5.77. The van der Waals surface area contributed by atoms with Crippen molar-refractivity contribution in [3.63, 3.8) is 0 Å².